The first-order valence-electron chi connectivity index (χ1n) is 8.89. The monoisotopic (exact) mass is 345 g/mol. The minimum absolute atomic E-state index is 0.160. The minimum Gasteiger partial charge on any atom is -0.444 e. The number of ether oxygens (including phenoxy) is 1. The molecule has 7 nitrogen and oxygen atoms in total. The van der Waals surface area contributed by atoms with Crippen molar-refractivity contribution in [2.24, 2.45) is 0 Å². The molecule has 7 heteroatoms. The number of carbonyl (C=O) groups excluding carboxylic acids is 1. The van der Waals surface area contributed by atoms with Gasteiger partial charge in [0.2, 0.25) is 0 Å². The van der Waals surface area contributed by atoms with Crippen molar-refractivity contribution in [3.05, 3.63) is 30.5 Å². The lowest BCUT2D eigenvalue weighted by Crippen LogP contribution is -2.45. The van der Waals surface area contributed by atoms with Gasteiger partial charge in [-0.15, -0.1) is 0 Å². The first-order valence-corrected chi connectivity index (χ1v) is 8.89. The Morgan fingerprint density at radius 3 is 2.92 bits per heavy atom. The smallest absolute Gasteiger partial charge is 0.407 e. The average molecular weight is 345 g/mol. The summed E-state index contributed by atoms with van der Waals surface area (Å²) in [6.45, 7) is 6.38. The van der Waals surface area contributed by atoms with Crippen LogP contribution in [0, 0.1) is 0 Å². The second kappa shape index (κ2) is 7.39. The van der Waals surface area contributed by atoms with Gasteiger partial charge in [-0.25, -0.2) is 9.78 Å². The van der Waals surface area contributed by atoms with Gasteiger partial charge in [0.25, 0.3) is 0 Å². The Kier molecular flexibility index (Phi) is 5.22. The van der Waals surface area contributed by atoms with E-state index in [0.29, 0.717) is 6.04 Å². The summed E-state index contributed by atoms with van der Waals surface area (Å²) in [5, 5.41) is 6.60. The maximum Gasteiger partial charge on any atom is 0.407 e. The maximum absolute atomic E-state index is 12.0. The number of hydrogen-bond donors (Lipinski definition) is 2. The molecule has 2 heterocycles. The average Bonchev–Trinajstić information content (AvgIpc) is 2.94. The molecule has 2 N–H and O–H groups in total. The summed E-state index contributed by atoms with van der Waals surface area (Å²) < 4.78 is 7.40. The van der Waals surface area contributed by atoms with Crippen LogP contribution in [0.25, 0.3) is 5.65 Å². The first-order chi connectivity index (χ1) is 11.9. The number of alkyl carbamates (subject to hydrolysis) is 1. The molecule has 2 aromatic heterocycles. The lowest BCUT2D eigenvalue weighted by molar-refractivity contribution is 0.0488. The van der Waals surface area contributed by atoms with E-state index in [1.807, 2.05) is 37.6 Å². The summed E-state index contributed by atoms with van der Waals surface area (Å²) in [5.41, 5.74) is 1.50. The fraction of sp³-hybridized carbons (Fsp3) is 0.611. The Bertz CT molecular complexity index is 722. The van der Waals surface area contributed by atoms with Crippen LogP contribution < -0.4 is 10.6 Å². The van der Waals surface area contributed by atoms with Crippen molar-refractivity contribution in [1.82, 2.24) is 25.0 Å². The highest BCUT2D eigenvalue weighted by atomic mass is 16.6. The molecule has 0 radical (unpaired) electrons. The number of hydrogen-bond acceptors (Lipinski definition) is 5. The molecule has 1 aliphatic rings. The number of fused-ring (bicyclic) bond motifs is 1. The van der Waals surface area contributed by atoms with Crippen molar-refractivity contribution < 1.29 is 9.53 Å². The molecule has 1 aliphatic carbocycles. The molecule has 0 bridgehead atoms. The van der Waals surface area contributed by atoms with E-state index >= 15 is 0 Å². The zero-order chi connectivity index (χ0) is 17.9. The topological polar surface area (TPSA) is 80.5 Å². The molecule has 2 aromatic rings. The van der Waals surface area contributed by atoms with Crippen LogP contribution in [0.15, 0.2) is 24.8 Å². The Morgan fingerprint density at radius 2 is 2.12 bits per heavy atom. The fourth-order valence-electron chi connectivity index (χ4n) is 3.25. The van der Waals surface area contributed by atoms with Crippen molar-refractivity contribution in [2.45, 2.75) is 70.7 Å². The zero-order valence-electron chi connectivity index (χ0n) is 15.2. The van der Waals surface area contributed by atoms with Crippen LogP contribution in [-0.2, 0) is 11.3 Å². The van der Waals surface area contributed by atoms with Crippen LogP contribution in [-0.4, -0.2) is 38.1 Å². The van der Waals surface area contributed by atoms with Gasteiger partial charge < -0.3 is 15.4 Å². The van der Waals surface area contributed by atoms with Gasteiger partial charge in [0.1, 0.15) is 5.60 Å². The van der Waals surface area contributed by atoms with Crippen molar-refractivity contribution in [3.63, 3.8) is 0 Å². The highest BCUT2D eigenvalue weighted by Gasteiger charge is 2.25. The molecule has 1 amide bonds. The van der Waals surface area contributed by atoms with E-state index in [4.69, 9.17) is 4.74 Å². The summed E-state index contributed by atoms with van der Waals surface area (Å²) in [5.74, 6) is 0. The van der Waals surface area contributed by atoms with Gasteiger partial charge in [-0.3, -0.25) is 9.38 Å². The third-order valence-corrected chi connectivity index (χ3v) is 4.36. The molecule has 25 heavy (non-hydrogen) atoms. The van der Waals surface area contributed by atoms with E-state index < -0.39 is 5.60 Å². The number of nitrogens with one attached hydrogen (secondary N) is 2. The maximum atomic E-state index is 12.0. The van der Waals surface area contributed by atoms with Gasteiger partial charge in [0, 0.05) is 31.0 Å². The number of amides is 1. The molecule has 0 aromatic carbocycles. The fourth-order valence-corrected chi connectivity index (χ4v) is 3.25. The van der Waals surface area contributed by atoms with E-state index in [1.165, 1.54) is 0 Å². The third-order valence-electron chi connectivity index (χ3n) is 4.36. The largest absolute Gasteiger partial charge is 0.444 e. The molecule has 0 aliphatic heterocycles. The van der Waals surface area contributed by atoms with Gasteiger partial charge in [-0.05, 0) is 46.5 Å². The first kappa shape index (κ1) is 17.7. The molecule has 3 rings (SSSR count). The third kappa shape index (κ3) is 4.92. The second-order valence-electron chi connectivity index (χ2n) is 7.64. The van der Waals surface area contributed by atoms with Crippen molar-refractivity contribution in [1.29, 1.82) is 0 Å². The Morgan fingerprint density at radius 1 is 1.32 bits per heavy atom. The van der Waals surface area contributed by atoms with Crippen LogP contribution in [0.5, 0.6) is 0 Å². The number of imidazole rings is 1. The van der Waals surface area contributed by atoms with Gasteiger partial charge in [-0.2, -0.15) is 0 Å². The molecule has 0 saturated heterocycles. The van der Waals surface area contributed by atoms with Gasteiger partial charge in [-0.1, -0.05) is 0 Å². The van der Waals surface area contributed by atoms with Crippen LogP contribution in [0.2, 0.25) is 0 Å². The summed E-state index contributed by atoms with van der Waals surface area (Å²) in [7, 11) is 0. The van der Waals surface area contributed by atoms with Crippen LogP contribution in [0.4, 0.5) is 4.79 Å². The highest BCUT2D eigenvalue weighted by molar-refractivity contribution is 5.68. The standard InChI is InChI=1S/C18H27N5O2/c1-18(2,3)25-17(24)22-14-6-4-5-13(9-14)20-10-15-11-21-16-12-19-7-8-23(15)16/h7-8,11-14,20H,4-6,9-10H2,1-3H3,(H,22,24)/t13-,14-/m1/s1. The molecule has 1 fully saturated rings. The minimum atomic E-state index is -0.464. The van der Waals surface area contributed by atoms with Crippen LogP contribution in [0.3, 0.4) is 0 Å². The number of rotatable bonds is 4. The van der Waals surface area contributed by atoms with E-state index in [1.54, 1.807) is 12.4 Å². The Labute approximate surface area is 148 Å². The van der Waals surface area contributed by atoms with Gasteiger partial charge in [0.05, 0.1) is 18.1 Å². The zero-order valence-corrected chi connectivity index (χ0v) is 15.2. The van der Waals surface area contributed by atoms with Gasteiger partial charge >= 0.3 is 6.09 Å². The van der Waals surface area contributed by atoms with E-state index in [2.05, 4.69) is 20.6 Å². The summed E-state index contributed by atoms with van der Waals surface area (Å²) in [4.78, 5) is 20.4. The number of aromatic nitrogens is 3. The molecular formula is C18H27N5O2. The Balaban J connectivity index is 1.51. The quantitative estimate of drug-likeness (QED) is 0.890. The lowest BCUT2D eigenvalue weighted by atomic mass is 9.91. The lowest BCUT2D eigenvalue weighted by Gasteiger charge is -2.31. The SMILES string of the molecule is CC(C)(C)OC(=O)N[C@@H]1CCC[C@@H](NCc2cnc3cnccn23)C1. The van der Waals surface area contributed by atoms with E-state index in [0.717, 1.165) is 43.6 Å². The summed E-state index contributed by atoms with van der Waals surface area (Å²) in [6.07, 6.45) is 11.1. The van der Waals surface area contributed by atoms with Crippen molar-refractivity contribution >= 4 is 11.7 Å². The highest BCUT2D eigenvalue weighted by Crippen LogP contribution is 2.20. The van der Waals surface area contributed by atoms with Crippen molar-refractivity contribution in [2.75, 3.05) is 0 Å². The van der Waals surface area contributed by atoms with Crippen LogP contribution >= 0.6 is 0 Å². The summed E-state index contributed by atoms with van der Waals surface area (Å²) >= 11 is 0. The molecule has 2 atom stereocenters. The molecular weight excluding hydrogens is 318 g/mol. The normalized spacial score (nSPS) is 21.2. The predicted molar refractivity (Wildman–Crippen MR) is 95.2 cm³/mol. The molecule has 1 saturated carbocycles. The predicted octanol–water partition coefficient (Wildman–Crippen LogP) is 2.65. The molecule has 0 spiro atoms. The van der Waals surface area contributed by atoms with Gasteiger partial charge in [0.15, 0.2) is 5.65 Å². The second-order valence-corrected chi connectivity index (χ2v) is 7.64. The van der Waals surface area contributed by atoms with Crippen LogP contribution in [0.1, 0.15) is 52.1 Å². The molecule has 136 valence electrons. The summed E-state index contributed by atoms with van der Waals surface area (Å²) in [6, 6.07) is 0.536. The molecule has 0 unspecified atom stereocenters. The number of nitrogens with zero attached hydrogens (tertiary/aromatic N) is 3. The number of carbonyl (C=O) groups is 1. The van der Waals surface area contributed by atoms with E-state index in [9.17, 15) is 4.79 Å². The van der Waals surface area contributed by atoms with Crippen molar-refractivity contribution in [3.8, 4) is 0 Å². The Hall–Kier alpha value is -2.15. The van der Waals surface area contributed by atoms with E-state index in [-0.39, 0.29) is 12.1 Å².